The van der Waals surface area contributed by atoms with Crippen molar-refractivity contribution in [2.24, 2.45) is 7.05 Å². The number of aliphatic carboxylic acids is 1. The number of fused-ring (bicyclic) bond motifs is 1. The van der Waals surface area contributed by atoms with Crippen LogP contribution in [-0.4, -0.2) is 74.2 Å². The number of carbonyl (C=O) groups excluding carboxylic acids is 1. The first-order chi connectivity index (χ1) is 14.6. The lowest BCUT2D eigenvalue weighted by Crippen LogP contribution is -2.47. The smallest absolute Gasteiger partial charge is 0.475 e. The molecule has 0 saturated carbocycles. The van der Waals surface area contributed by atoms with E-state index in [0.717, 1.165) is 37.5 Å². The minimum atomic E-state index is -5.08. The van der Waals surface area contributed by atoms with Crippen molar-refractivity contribution in [3.8, 4) is 0 Å². The summed E-state index contributed by atoms with van der Waals surface area (Å²) in [5.41, 5.74) is 0.586. The molecule has 2 aromatic rings. The molecule has 0 unspecified atom stereocenters. The van der Waals surface area contributed by atoms with E-state index < -0.39 is 12.1 Å². The number of likely N-dealkylation sites (tertiary alicyclic amines) is 1. The number of nitrogens with one attached hydrogen (secondary N) is 1. The molecule has 2 fully saturated rings. The summed E-state index contributed by atoms with van der Waals surface area (Å²) >= 11 is 1.67. The van der Waals surface area contributed by atoms with Crippen LogP contribution in [0.15, 0.2) is 24.0 Å². The number of halogens is 3. The van der Waals surface area contributed by atoms with Crippen molar-refractivity contribution in [2.75, 3.05) is 13.2 Å². The zero-order valence-electron chi connectivity index (χ0n) is 16.6. The average Bonchev–Trinajstić information content (AvgIpc) is 3.44. The van der Waals surface area contributed by atoms with Crippen molar-refractivity contribution < 1.29 is 32.6 Å². The number of aromatic nitrogens is 3. The lowest BCUT2D eigenvalue weighted by molar-refractivity contribution is -0.192. The summed E-state index contributed by atoms with van der Waals surface area (Å²) in [6.45, 7) is 2.38. The largest absolute Gasteiger partial charge is 0.490 e. The van der Waals surface area contributed by atoms with Crippen LogP contribution in [0.3, 0.4) is 0 Å². The minimum absolute atomic E-state index is 0.00275. The van der Waals surface area contributed by atoms with Gasteiger partial charge in [0, 0.05) is 44.0 Å². The van der Waals surface area contributed by atoms with Gasteiger partial charge in [0.05, 0.1) is 30.5 Å². The molecule has 0 aliphatic carbocycles. The van der Waals surface area contributed by atoms with Crippen LogP contribution in [-0.2, 0) is 23.1 Å². The second kappa shape index (κ2) is 9.75. The fourth-order valence-corrected chi connectivity index (χ4v) is 4.30. The van der Waals surface area contributed by atoms with Crippen molar-refractivity contribution >= 4 is 23.2 Å². The zero-order valence-corrected chi connectivity index (χ0v) is 17.4. The molecule has 31 heavy (non-hydrogen) atoms. The molecule has 170 valence electrons. The Morgan fingerprint density at radius 1 is 1.42 bits per heavy atom. The number of hydrogen-bond donors (Lipinski definition) is 2. The normalized spacial score (nSPS) is 23.5. The molecule has 1 amide bonds. The number of ether oxygens (including phenoxy) is 1. The van der Waals surface area contributed by atoms with Gasteiger partial charge in [-0.15, -0.1) is 11.3 Å². The highest BCUT2D eigenvalue weighted by Gasteiger charge is 2.44. The molecular weight excluding hydrogens is 439 g/mol. The summed E-state index contributed by atoms with van der Waals surface area (Å²) in [6, 6.07) is 0.352. The molecule has 0 spiro atoms. The van der Waals surface area contributed by atoms with Gasteiger partial charge in [-0.25, -0.2) is 9.78 Å². The standard InChI is InChI=1S/C16H21N5O2S.C2HF3O2/c1-20-8-11(7-18-20)16(22)19-12-9-21(10-14-17-4-6-24-14)13-3-2-5-23-15(12)13;3-2(4,5)1(6)7/h4,6-8,12-13,15H,2-3,5,9-10H2,1H3,(H,19,22);(H,6,7)/t12-,13-,15-;/m1./s1. The van der Waals surface area contributed by atoms with Crippen molar-refractivity contribution in [3.05, 3.63) is 34.5 Å². The number of carbonyl (C=O) groups is 2. The van der Waals surface area contributed by atoms with Gasteiger partial charge < -0.3 is 15.2 Å². The van der Waals surface area contributed by atoms with E-state index in [4.69, 9.17) is 14.6 Å². The number of nitrogens with zero attached hydrogens (tertiary/aromatic N) is 4. The first-order valence-electron chi connectivity index (χ1n) is 9.49. The number of amides is 1. The fourth-order valence-electron chi connectivity index (χ4n) is 3.66. The average molecular weight is 461 g/mol. The molecule has 13 heteroatoms. The van der Waals surface area contributed by atoms with Crippen LogP contribution in [0.25, 0.3) is 0 Å². The summed E-state index contributed by atoms with van der Waals surface area (Å²) in [5, 5.41) is 17.4. The highest BCUT2D eigenvalue weighted by molar-refractivity contribution is 7.09. The maximum atomic E-state index is 12.5. The third-order valence-corrected chi connectivity index (χ3v) is 5.74. The lowest BCUT2D eigenvalue weighted by atomic mass is 10.0. The Hall–Kier alpha value is -2.51. The van der Waals surface area contributed by atoms with Gasteiger partial charge in [-0.05, 0) is 12.8 Å². The number of carboxylic acids is 1. The quantitative estimate of drug-likeness (QED) is 0.713. The molecule has 2 saturated heterocycles. The van der Waals surface area contributed by atoms with Crippen LogP contribution < -0.4 is 5.32 Å². The second-order valence-electron chi connectivity index (χ2n) is 7.19. The summed E-state index contributed by atoms with van der Waals surface area (Å²) < 4.78 is 39.4. The minimum Gasteiger partial charge on any atom is -0.475 e. The zero-order chi connectivity index (χ0) is 22.6. The molecule has 3 atom stereocenters. The fraction of sp³-hybridized carbons (Fsp3) is 0.556. The monoisotopic (exact) mass is 461 g/mol. The van der Waals surface area contributed by atoms with E-state index in [1.165, 1.54) is 0 Å². The number of hydrogen-bond acceptors (Lipinski definition) is 7. The van der Waals surface area contributed by atoms with Gasteiger partial charge in [-0.2, -0.15) is 18.3 Å². The van der Waals surface area contributed by atoms with E-state index >= 15 is 0 Å². The summed E-state index contributed by atoms with van der Waals surface area (Å²) in [6.07, 6.45) is 2.31. The number of carboxylic acid groups (broad SMARTS) is 1. The maximum absolute atomic E-state index is 12.5. The highest BCUT2D eigenvalue weighted by atomic mass is 32.1. The molecule has 2 aliphatic heterocycles. The Kier molecular flexibility index (Phi) is 7.28. The van der Waals surface area contributed by atoms with Crippen molar-refractivity contribution in [3.63, 3.8) is 0 Å². The molecular formula is C18H22F3N5O4S. The van der Waals surface area contributed by atoms with Crippen LogP contribution >= 0.6 is 11.3 Å². The van der Waals surface area contributed by atoms with Gasteiger partial charge >= 0.3 is 12.1 Å². The molecule has 9 nitrogen and oxygen atoms in total. The van der Waals surface area contributed by atoms with E-state index in [1.54, 1.807) is 28.4 Å². The molecule has 0 bridgehead atoms. The summed E-state index contributed by atoms with van der Waals surface area (Å²) in [5.74, 6) is -2.84. The summed E-state index contributed by atoms with van der Waals surface area (Å²) in [7, 11) is 1.81. The molecule has 4 rings (SSSR count). The lowest BCUT2D eigenvalue weighted by Gasteiger charge is -2.32. The first kappa shape index (κ1) is 23.2. The Morgan fingerprint density at radius 2 is 2.16 bits per heavy atom. The molecule has 2 aliphatic rings. The van der Waals surface area contributed by atoms with Crippen molar-refractivity contribution in [1.29, 1.82) is 0 Å². The third-order valence-electron chi connectivity index (χ3n) is 4.98. The number of thiazole rings is 1. The summed E-state index contributed by atoms with van der Waals surface area (Å²) in [4.78, 5) is 28.2. The molecule has 0 aromatic carbocycles. The second-order valence-corrected chi connectivity index (χ2v) is 8.16. The Morgan fingerprint density at radius 3 is 2.74 bits per heavy atom. The van der Waals surface area contributed by atoms with E-state index in [2.05, 4.69) is 20.3 Å². The van der Waals surface area contributed by atoms with Crippen LogP contribution in [0.2, 0.25) is 0 Å². The van der Waals surface area contributed by atoms with Gasteiger partial charge in [-0.3, -0.25) is 14.4 Å². The number of aryl methyl sites for hydroxylation is 1. The molecule has 2 aromatic heterocycles. The molecule has 0 radical (unpaired) electrons. The van der Waals surface area contributed by atoms with E-state index in [-0.39, 0.29) is 18.1 Å². The Balaban J connectivity index is 0.000000339. The van der Waals surface area contributed by atoms with Gasteiger partial charge in [0.15, 0.2) is 0 Å². The van der Waals surface area contributed by atoms with Crippen LogP contribution in [0, 0.1) is 0 Å². The number of rotatable bonds is 4. The molecule has 2 N–H and O–H groups in total. The van der Waals surface area contributed by atoms with Crippen LogP contribution in [0.1, 0.15) is 28.2 Å². The van der Waals surface area contributed by atoms with Gasteiger partial charge in [0.25, 0.3) is 5.91 Å². The number of alkyl halides is 3. The Labute approximate surface area is 179 Å². The van der Waals surface area contributed by atoms with E-state index in [9.17, 15) is 18.0 Å². The van der Waals surface area contributed by atoms with Gasteiger partial charge in [0.1, 0.15) is 5.01 Å². The predicted octanol–water partition coefficient (Wildman–Crippen LogP) is 1.67. The highest BCUT2D eigenvalue weighted by Crippen LogP contribution is 2.30. The predicted molar refractivity (Wildman–Crippen MR) is 103 cm³/mol. The SMILES string of the molecule is Cn1cc(C(=O)N[C@@H]2CN(Cc3nccs3)[C@@H]3CCCO[C@@H]32)cn1.O=C(O)C(F)(F)F. The van der Waals surface area contributed by atoms with Crippen molar-refractivity contribution in [1.82, 2.24) is 25.0 Å². The molecule has 4 heterocycles. The third kappa shape index (κ3) is 6.02. The Bertz CT molecular complexity index is 889. The maximum Gasteiger partial charge on any atom is 0.490 e. The van der Waals surface area contributed by atoms with E-state index in [1.807, 2.05) is 18.6 Å². The van der Waals surface area contributed by atoms with Gasteiger partial charge in [0.2, 0.25) is 0 Å². The topological polar surface area (TPSA) is 110 Å². The van der Waals surface area contributed by atoms with Crippen molar-refractivity contribution in [2.45, 2.75) is 43.8 Å². The van der Waals surface area contributed by atoms with Crippen LogP contribution in [0.4, 0.5) is 13.2 Å². The van der Waals surface area contributed by atoms with Gasteiger partial charge in [-0.1, -0.05) is 0 Å². The van der Waals surface area contributed by atoms with E-state index in [0.29, 0.717) is 11.6 Å². The van der Waals surface area contributed by atoms with Crippen LogP contribution in [0.5, 0.6) is 0 Å². The first-order valence-corrected chi connectivity index (χ1v) is 10.4.